The zero-order chi connectivity index (χ0) is 33.5. The molecule has 4 bridgehead atoms. The van der Waals surface area contributed by atoms with E-state index in [4.69, 9.17) is 14.6 Å². The lowest BCUT2D eigenvalue weighted by atomic mass is 9.90. The smallest absolute Gasteiger partial charge is 0.312 e. The molecule has 0 heterocycles. The lowest BCUT2D eigenvalue weighted by Gasteiger charge is -2.19. The maximum Gasteiger partial charge on any atom is 0.312 e. The second kappa shape index (κ2) is 15.5. The number of hydrogen-bond donors (Lipinski definition) is 2. The van der Waals surface area contributed by atoms with Crippen LogP contribution >= 0.6 is 0 Å². The highest BCUT2D eigenvalue weighted by molar-refractivity contribution is 5.83. The van der Waals surface area contributed by atoms with Crippen LogP contribution in [-0.4, -0.2) is 36.3 Å². The van der Waals surface area contributed by atoms with Crippen molar-refractivity contribution in [3.8, 4) is 5.75 Å². The predicted molar refractivity (Wildman–Crippen MR) is 183 cm³/mol. The minimum Gasteiger partial charge on any atom is -0.508 e. The number of rotatable bonds is 10. The number of esters is 2. The topological polar surface area (TPSA) is 84.9 Å². The molecule has 8 atom stereocenters. The average molecular weight is 622 g/mol. The normalized spacial score (nSPS) is 26.8. The molecule has 0 spiro atoms. The molecule has 6 heteroatoms. The largest absolute Gasteiger partial charge is 0.508 e. The van der Waals surface area contributed by atoms with E-state index >= 15 is 0 Å². The Morgan fingerprint density at radius 1 is 0.956 bits per heavy atom. The van der Waals surface area contributed by atoms with Crippen LogP contribution in [0.3, 0.4) is 0 Å². The third-order valence-corrected chi connectivity index (χ3v) is 10.7. The molecule has 45 heavy (non-hydrogen) atoms. The Morgan fingerprint density at radius 3 is 1.89 bits per heavy atom. The molecule has 4 saturated carbocycles. The first-order valence-electron chi connectivity index (χ1n) is 17.1. The van der Waals surface area contributed by atoms with Gasteiger partial charge in [-0.25, -0.2) is 0 Å². The maximum absolute atomic E-state index is 11.7. The Labute approximate surface area is 272 Å². The fourth-order valence-corrected chi connectivity index (χ4v) is 7.80. The molecule has 0 saturated heterocycles. The van der Waals surface area contributed by atoms with E-state index in [9.17, 15) is 9.59 Å². The Bertz CT molecular complexity index is 1230. The number of anilines is 1. The molecule has 4 fully saturated rings. The van der Waals surface area contributed by atoms with Gasteiger partial charge in [0.1, 0.15) is 11.4 Å². The number of hydrogen-bond acceptors (Lipinski definition) is 6. The van der Waals surface area contributed by atoms with Crippen LogP contribution < -0.4 is 5.32 Å². The number of aromatic hydroxyl groups is 1. The number of phenolic OH excluding ortho intramolecular Hbond substituents is 1. The van der Waals surface area contributed by atoms with E-state index in [1.165, 1.54) is 24.7 Å². The zero-order valence-corrected chi connectivity index (χ0v) is 29.5. The van der Waals surface area contributed by atoms with Gasteiger partial charge in [-0.15, -0.1) is 0 Å². The SMILES string of the molecule is CCC(C)c1ccc(NCCCC(=O)OC(C)(C)C)cc1.CCC(C)c1ccc(O)cc1.COC(=O)C12C(C)C3CC1C2C3C. The Balaban J connectivity index is 0.000000196. The summed E-state index contributed by atoms with van der Waals surface area (Å²) in [6.45, 7) is 19.8. The second-order valence-electron chi connectivity index (χ2n) is 14.6. The highest BCUT2D eigenvalue weighted by atomic mass is 16.6. The van der Waals surface area contributed by atoms with Gasteiger partial charge in [0.2, 0.25) is 0 Å². The average Bonchev–Trinajstić information content (AvgIpc) is 3.31. The third-order valence-electron chi connectivity index (χ3n) is 10.7. The first-order chi connectivity index (χ1) is 21.2. The van der Waals surface area contributed by atoms with Crippen LogP contribution in [-0.2, 0) is 19.1 Å². The Morgan fingerprint density at radius 2 is 1.49 bits per heavy atom. The number of nitrogens with one attached hydrogen (secondary N) is 1. The van der Waals surface area contributed by atoms with Gasteiger partial charge in [0, 0.05) is 18.7 Å². The summed E-state index contributed by atoms with van der Waals surface area (Å²) >= 11 is 0. The van der Waals surface area contributed by atoms with Gasteiger partial charge in [0.15, 0.2) is 0 Å². The summed E-state index contributed by atoms with van der Waals surface area (Å²) in [5, 5.41) is 12.4. The molecule has 0 aliphatic heterocycles. The van der Waals surface area contributed by atoms with Crippen LogP contribution in [0.2, 0.25) is 0 Å². The van der Waals surface area contributed by atoms with E-state index in [2.05, 4.69) is 71.1 Å². The molecular formula is C39H59NO5. The lowest BCUT2D eigenvalue weighted by molar-refractivity contribution is -0.155. The van der Waals surface area contributed by atoms with Crippen LogP contribution in [0.15, 0.2) is 48.5 Å². The van der Waals surface area contributed by atoms with Gasteiger partial charge in [0.05, 0.1) is 12.5 Å². The van der Waals surface area contributed by atoms with Crippen molar-refractivity contribution in [2.45, 2.75) is 112 Å². The number of phenols is 1. The number of methoxy groups -OCH3 is 1. The fourth-order valence-electron chi connectivity index (χ4n) is 7.80. The van der Waals surface area contributed by atoms with E-state index in [1.54, 1.807) is 12.1 Å². The molecule has 4 aliphatic carbocycles. The quantitative estimate of drug-likeness (QED) is 0.203. The number of carbonyl (C=O) groups is 2. The van der Waals surface area contributed by atoms with Gasteiger partial charge < -0.3 is 19.9 Å². The minimum absolute atomic E-state index is 0.0289. The van der Waals surface area contributed by atoms with Gasteiger partial charge in [-0.2, -0.15) is 0 Å². The van der Waals surface area contributed by atoms with Crippen molar-refractivity contribution in [3.63, 3.8) is 0 Å². The monoisotopic (exact) mass is 621 g/mol. The minimum atomic E-state index is -0.393. The molecule has 2 N–H and O–H groups in total. The second-order valence-corrected chi connectivity index (χ2v) is 14.6. The van der Waals surface area contributed by atoms with Gasteiger partial charge in [-0.3, -0.25) is 9.59 Å². The molecule has 6 nitrogen and oxygen atoms in total. The summed E-state index contributed by atoms with van der Waals surface area (Å²) in [5.74, 6) is 4.96. The van der Waals surface area contributed by atoms with E-state index in [0.29, 0.717) is 41.8 Å². The number of carbonyl (C=O) groups excluding carboxylic acids is 2. The van der Waals surface area contributed by atoms with Crippen LogP contribution in [0.5, 0.6) is 5.75 Å². The molecule has 2 aromatic rings. The van der Waals surface area contributed by atoms with Crippen molar-refractivity contribution < 1.29 is 24.2 Å². The van der Waals surface area contributed by atoms with Gasteiger partial charge in [-0.1, -0.05) is 65.8 Å². The highest BCUT2D eigenvalue weighted by Crippen LogP contribution is 2.83. The van der Waals surface area contributed by atoms with Gasteiger partial charge in [-0.05, 0) is 123 Å². The summed E-state index contributed by atoms with van der Waals surface area (Å²) in [4.78, 5) is 23.3. The number of ether oxygens (including phenoxy) is 2. The maximum atomic E-state index is 11.7. The summed E-state index contributed by atoms with van der Waals surface area (Å²) in [6, 6.07) is 16.0. The van der Waals surface area contributed by atoms with Gasteiger partial charge >= 0.3 is 11.9 Å². The summed E-state index contributed by atoms with van der Waals surface area (Å²) in [7, 11) is 1.53. The molecule has 0 radical (unpaired) electrons. The predicted octanol–water partition coefficient (Wildman–Crippen LogP) is 9.34. The van der Waals surface area contributed by atoms with Crippen LogP contribution in [0.4, 0.5) is 5.69 Å². The van der Waals surface area contributed by atoms with E-state index < -0.39 is 5.60 Å². The summed E-state index contributed by atoms with van der Waals surface area (Å²) in [6.07, 6.45) is 4.81. The molecule has 8 unspecified atom stereocenters. The van der Waals surface area contributed by atoms with Crippen molar-refractivity contribution in [1.29, 1.82) is 0 Å². The molecule has 0 aromatic heterocycles. The van der Waals surface area contributed by atoms with E-state index in [-0.39, 0.29) is 17.4 Å². The van der Waals surface area contributed by atoms with Crippen LogP contribution in [0, 0.1) is 35.0 Å². The first kappa shape index (κ1) is 36.4. The van der Waals surface area contributed by atoms with Gasteiger partial charge in [0.25, 0.3) is 0 Å². The van der Waals surface area contributed by atoms with Crippen molar-refractivity contribution >= 4 is 17.6 Å². The van der Waals surface area contributed by atoms with Crippen molar-refractivity contribution in [2.75, 3.05) is 19.0 Å². The van der Waals surface area contributed by atoms with Crippen LogP contribution in [0.1, 0.15) is 117 Å². The van der Waals surface area contributed by atoms with E-state index in [1.807, 2.05) is 32.9 Å². The molecule has 0 amide bonds. The molecule has 2 aromatic carbocycles. The summed E-state index contributed by atoms with van der Waals surface area (Å²) in [5.41, 5.74) is 3.35. The first-order valence-corrected chi connectivity index (χ1v) is 17.1. The lowest BCUT2D eigenvalue weighted by Crippen LogP contribution is -2.24. The standard InChI is InChI=1S/C18H29NO2.C11H16O2.C10H14O/c1-6-14(2)15-9-11-16(12-10-15)19-13-7-8-17(20)21-18(3,4)5;1-5-7-4-8-9(5)11(8,6(7)2)10(12)13-3;1-3-8(2)9-4-6-10(11)7-5-9/h9-12,14,19H,6-8,13H2,1-5H3;5-9H,4H2,1-3H3;4-8,11H,3H2,1-2H3. The molecular weight excluding hydrogens is 562 g/mol. The molecule has 6 rings (SSSR count). The summed E-state index contributed by atoms with van der Waals surface area (Å²) < 4.78 is 10.2. The molecule has 250 valence electrons. The Hall–Kier alpha value is -3.02. The molecule has 4 aliphatic rings. The highest BCUT2D eigenvalue weighted by Gasteiger charge is 2.84. The number of benzene rings is 2. The van der Waals surface area contributed by atoms with E-state index in [0.717, 1.165) is 43.3 Å². The fraction of sp³-hybridized carbons (Fsp3) is 0.641. The zero-order valence-electron chi connectivity index (χ0n) is 29.5. The third kappa shape index (κ3) is 8.62. The van der Waals surface area contributed by atoms with Crippen molar-refractivity contribution in [2.24, 2.45) is 35.0 Å². The van der Waals surface area contributed by atoms with Crippen LogP contribution in [0.25, 0.3) is 0 Å². The van der Waals surface area contributed by atoms with Crippen molar-refractivity contribution in [1.82, 2.24) is 0 Å². The van der Waals surface area contributed by atoms with Crippen molar-refractivity contribution in [3.05, 3.63) is 59.7 Å². The Kier molecular flexibility index (Phi) is 12.6.